The van der Waals surface area contributed by atoms with Crippen LogP contribution in [-0.2, 0) is 17.8 Å². The van der Waals surface area contributed by atoms with E-state index >= 15 is 0 Å². The highest BCUT2D eigenvalue weighted by Gasteiger charge is 2.37. The van der Waals surface area contributed by atoms with Crippen molar-refractivity contribution in [1.82, 2.24) is 4.90 Å². The zero-order valence-corrected chi connectivity index (χ0v) is 20.8. The lowest BCUT2D eigenvalue weighted by molar-refractivity contribution is -0.384. The molecule has 0 aliphatic carbocycles. The SMILES string of the molecule is C=CCc1cc(/C=C2/SC(=O)N([C@H](C)CC)C2=O)cc(OCC)c1OCc1cccc([N+](=O)[O-])c1. The molecule has 1 aliphatic heterocycles. The lowest BCUT2D eigenvalue weighted by atomic mass is 10.0. The second kappa shape index (κ2) is 11.7. The molecule has 0 saturated carbocycles. The van der Waals surface area contributed by atoms with Crippen LogP contribution in [0.4, 0.5) is 10.5 Å². The molecule has 1 fully saturated rings. The molecule has 0 N–H and O–H groups in total. The van der Waals surface area contributed by atoms with E-state index in [2.05, 4.69) is 6.58 Å². The summed E-state index contributed by atoms with van der Waals surface area (Å²) in [6.07, 6.45) is 4.57. The van der Waals surface area contributed by atoms with Gasteiger partial charge in [-0.3, -0.25) is 24.6 Å². The molecule has 1 heterocycles. The minimum Gasteiger partial charge on any atom is -0.490 e. The molecule has 184 valence electrons. The van der Waals surface area contributed by atoms with Gasteiger partial charge in [0.25, 0.3) is 16.8 Å². The number of nitro groups is 1. The minimum absolute atomic E-state index is 0.0101. The quantitative estimate of drug-likeness (QED) is 0.160. The first-order chi connectivity index (χ1) is 16.8. The number of thioether (sulfide) groups is 1. The fraction of sp³-hybridized carbons (Fsp3) is 0.308. The number of hydrogen-bond donors (Lipinski definition) is 0. The molecule has 2 amide bonds. The second-order valence-corrected chi connectivity index (χ2v) is 8.95. The molecule has 9 heteroatoms. The van der Waals surface area contributed by atoms with E-state index in [1.165, 1.54) is 17.0 Å². The van der Waals surface area contributed by atoms with Crippen molar-refractivity contribution in [3.05, 3.63) is 80.8 Å². The average molecular weight is 497 g/mol. The highest BCUT2D eigenvalue weighted by molar-refractivity contribution is 8.18. The first-order valence-corrected chi connectivity index (χ1v) is 12.1. The maximum atomic E-state index is 12.8. The summed E-state index contributed by atoms with van der Waals surface area (Å²) in [5.41, 5.74) is 2.12. The molecule has 35 heavy (non-hydrogen) atoms. The van der Waals surface area contributed by atoms with Crippen LogP contribution in [0.15, 0.2) is 54.0 Å². The number of amides is 2. The van der Waals surface area contributed by atoms with Crippen molar-refractivity contribution >= 4 is 34.7 Å². The Morgan fingerprint density at radius 3 is 2.63 bits per heavy atom. The van der Waals surface area contributed by atoms with Gasteiger partial charge >= 0.3 is 0 Å². The zero-order chi connectivity index (χ0) is 25.5. The lowest BCUT2D eigenvalue weighted by Gasteiger charge is -2.19. The normalized spacial score (nSPS) is 15.4. The monoisotopic (exact) mass is 496 g/mol. The van der Waals surface area contributed by atoms with Crippen LogP contribution in [0.5, 0.6) is 11.5 Å². The van der Waals surface area contributed by atoms with E-state index in [1.807, 2.05) is 26.8 Å². The summed E-state index contributed by atoms with van der Waals surface area (Å²) in [5.74, 6) is 0.677. The van der Waals surface area contributed by atoms with Crippen molar-refractivity contribution in [2.75, 3.05) is 6.61 Å². The first kappa shape index (κ1) is 26.0. The van der Waals surface area contributed by atoms with Crippen molar-refractivity contribution in [3.63, 3.8) is 0 Å². The molecule has 0 radical (unpaired) electrons. The number of carbonyl (C=O) groups is 2. The van der Waals surface area contributed by atoms with Gasteiger partial charge in [-0.2, -0.15) is 0 Å². The highest BCUT2D eigenvalue weighted by Crippen LogP contribution is 2.38. The molecule has 0 unspecified atom stereocenters. The maximum absolute atomic E-state index is 12.8. The third-order valence-electron chi connectivity index (χ3n) is 5.48. The summed E-state index contributed by atoms with van der Waals surface area (Å²) in [6.45, 7) is 9.94. The van der Waals surface area contributed by atoms with E-state index in [-0.39, 0.29) is 29.5 Å². The molecule has 2 aromatic rings. The Hall–Kier alpha value is -3.59. The Balaban J connectivity index is 1.95. The van der Waals surface area contributed by atoms with Crippen molar-refractivity contribution in [3.8, 4) is 11.5 Å². The molecule has 1 saturated heterocycles. The average Bonchev–Trinajstić information content (AvgIpc) is 3.11. The van der Waals surface area contributed by atoms with Gasteiger partial charge in [-0.05, 0) is 67.8 Å². The van der Waals surface area contributed by atoms with Crippen LogP contribution in [-0.4, -0.2) is 33.6 Å². The molecule has 1 atom stereocenters. The van der Waals surface area contributed by atoms with Gasteiger partial charge in [0.15, 0.2) is 11.5 Å². The van der Waals surface area contributed by atoms with E-state index < -0.39 is 4.92 Å². The van der Waals surface area contributed by atoms with Crippen molar-refractivity contribution in [1.29, 1.82) is 0 Å². The number of nitrogens with zero attached hydrogens (tertiary/aromatic N) is 2. The van der Waals surface area contributed by atoms with E-state index in [9.17, 15) is 19.7 Å². The number of imide groups is 1. The number of allylic oxidation sites excluding steroid dienone is 1. The molecule has 2 aromatic carbocycles. The van der Waals surface area contributed by atoms with Gasteiger partial charge < -0.3 is 9.47 Å². The smallest absolute Gasteiger partial charge is 0.293 e. The van der Waals surface area contributed by atoms with E-state index in [4.69, 9.17) is 9.47 Å². The van der Waals surface area contributed by atoms with Crippen LogP contribution >= 0.6 is 11.8 Å². The van der Waals surface area contributed by atoms with Crippen molar-refractivity contribution in [2.45, 2.75) is 46.3 Å². The van der Waals surface area contributed by atoms with Crippen molar-refractivity contribution in [2.24, 2.45) is 0 Å². The summed E-state index contributed by atoms with van der Waals surface area (Å²) in [5, 5.41) is 10.8. The Morgan fingerprint density at radius 1 is 1.20 bits per heavy atom. The van der Waals surface area contributed by atoms with Gasteiger partial charge in [0, 0.05) is 23.7 Å². The van der Waals surface area contributed by atoms with E-state index in [0.717, 1.165) is 17.3 Å². The molecule has 0 aromatic heterocycles. The summed E-state index contributed by atoms with van der Waals surface area (Å²) >= 11 is 0.925. The van der Waals surface area contributed by atoms with Crippen molar-refractivity contribution < 1.29 is 24.0 Å². The molecule has 0 bridgehead atoms. The standard InChI is InChI=1S/C26H28N2O6S/c1-5-9-20-12-19(15-23-25(29)27(17(4)6-2)26(30)35-23)14-22(33-7-3)24(20)34-16-18-10-8-11-21(13-18)28(31)32/h5,8,10-15,17H,1,6-7,9,16H2,2-4H3/b23-15+/t17-/m1/s1. The summed E-state index contributed by atoms with van der Waals surface area (Å²) in [4.78, 5) is 37.5. The van der Waals surface area contributed by atoms with Gasteiger partial charge in [-0.25, -0.2) is 0 Å². The van der Waals surface area contributed by atoms with E-state index in [1.54, 1.807) is 30.4 Å². The number of benzene rings is 2. The number of nitro benzene ring substituents is 1. The van der Waals surface area contributed by atoms with Gasteiger partial charge in [0.1, 0.15) is 6.61 Å². The van der Waals surface area contributed by atoms with Crippen LogP contribution in [0.3, 0.4) is 0 Å². The molecular weight excluding hydrogens is 468 g/mol. The van der Waals surface area contributed by atoms with Gasteiger partial charge in [0.05, 0.1) is 16.4 Å². The fourth-order valence-electron chi connectivity index (χ4n) is 3.61. The van der Waals surface area contributed by atoms with Gasteiger partial charge in [-0.15, -0.1) is 6.58 Å². The number of non-ortho nitro benzene ring substituents is 1. The number of ether oxygens (including phenoxy) is 2. The number of carbonyl (C=O) groups excluding carboxylic acids is 2. The third-order valence-corrected chi connectivity index (χ3v) is 6.36. The van der Waals surface area contributed by atoms with E-state index in [0.29, 0.717) is 47.0 Å². The largest absolute Gasteiger partial charge is 0.490 e. The predicted octanol–water partition coefficient (Wildman–Crippen LogP) is 6.14. The fourth-order valence-corrected chi connectivity index (χ4v) is 4.54. The lowest BCUT2D eigenvalue weighted by Crippen LogP contribution is -2.36. The van der Waals surface area contributed by atoms with Crippen LogP contribution in [0.1, 0.15) is 43.9 Å². The first-order valence-electron chi connectivity index (χ1n) is 11.3. The second-order valence-electron chi connectivity index (χ2n) is 7.96. The van der Waals surface area contributed by atoms with Crippen LogP contribution in [0.25, 0.3) is 6.08 Å². The molecule has 0 spiro atoms. The van der Waals surface area contributed by atoms with Crippen LogP contribution in [0, 0.1) is 10.1 Å². The molecule has 3 rings (SSSR count). The van der Waals surface area contributed by atoms with Crippen LogP contribution in [0.2, 0.25) is 0 Å². The number of hydrogen-bond acceptors (Lipinski definition) is 7. The Bertz CT molecular complexity index is 1180. The Labute approximate surface area is 208 Å². The Morgan fingerprint density at radius 2 is 1.97 bits per heavy atom. The number of rotatable bonds is 11. The molecule has 8 nitrogen and oxygen atoms in total. The van der Waals surface area contributed by atoms with Crippen LogP contribution < -0.4 is 9.47 Å². The predicted molar refractivity (Wildman–Crippen MR) is 137 cm³/mol. The van der Waals surface area contributed by atoms with Gasteiger partial charge in [-0.1, -0.05) is 25.1 Å². The Kier molecular flexibility index (Phi) is 8.70. The molecule has 1 aliphatic rings. The summed E-state index contributed by atoms with van der Waals surface area (Å²) in [6, 6.07) is 9.71. The minimum atomic E-state index is -0.448. The molecular formula is C26H28N2O6S. The summed E-state index contributed by atoms with van der Waals surface area (Å²) < 4.78 is 11.9. The van der Waals surface area contributed by atoms with Gasteiger partial charge in [0.2, 0.25) is 0 Å². The summed E-state index contributed by atoms with van der Waals surface area (Å²) in [7, 11) is 0. The maximum Gasteiger partial charge on any atom is 0.293 e. The topological polar surface area (TPSA) is 99.0 Å². The third kappa shape index (κ3) is 6.10. The highest BCUT2D eigenvalue weighted by atomic mass is 32.2. The zero-order valence-electron chi connectivity index (χ0n) is 20.0.